The number of benzene rings is 3. The molecule has 1 aliphatic carbocycles. The maximum absolute atomic E-state index is 13.5. The molecule has 5 heteroatoms. The van der Waals surface area contributed by atoms with Gasteiger partial charge in [0.2, 0.25) is 0 Å². The van der Waals surface area contributed by atoms with Crippen LogP contribution in [0.3, 0.4) is 0 Å². The highest BCUT2D eigenvalue weighted by atomic mass is 16.5. The molecule has 0 spiro atoms. The van der Waals surface area contributed by atoms with Gasteiger partial charge in [-0.3, -0.25) is 9.59 Å². The van der Waals surface area contributed by atoms with Gasteiger partial charge in [0.15, 0.2) is 11.6 Å². The average molecular weight is 409 g/mol. The third kappa shape index (κ3) is 3.06. The van der Waals surface area contributed by atoms with Crippen molar-refractivity contribution in [2.75, 3.05) is 6.61 Å². The molecular formula is C26H19NO4. The zero-order valence-corrected chi connectivity index (χ0v) is 16.9. The zero-order chi connectivity index (χ0) is 21.5. The third-order valence-corrected chi connectivity index (χ3v) is 5.59. The fraction of sp³-hybridized carbons (Fsp3) is 0.115. The third-order valence-electron chi connectivity index (χ3n) is 5.59. The van der Waals surface area contributed by atoms with E-state index in [4.69, 9.17) is 4.74 Å². The molecule has 3 aromatic carbocycles. The fourth-order valence-electron chi connectivity index (χ4n) is 4.18. The van der Waals surface area contributed by atoms with Gasteiger partial charge in [0.05, 0.1) is 17.7 Å². The van der Waals surface area contributed by atoms with E-state index in [1.807, 2.05) is 54.6 Å². The molecule has 0 radical (unpaired) electrons. The Kier molecular flexibility index (Phi) is 4.51. The lowest BCUT2D eigenvalue weighted by Gasteiger charge is -2.16. The van der Waals surface area contributed by atoms with Crippen molar-refractivity contribution >= 4 is 28.3 Å². The molecule has 0 N–H and O–H groups in total. The highest BCUT2D eigenvalue weighted by Crippen LogP contribution is 2.34. The topological polar surface area (TPSA) is 65.4 Å². The van der Waals surface area contributed by atoms with Crippen molar-refractivity contribution in [3.05, 3.63) is 106 Å². The number of fused-ring (bicyclic) bond motifs is 3. The Balaban J connectivity index is 1.71. The molecule has 1 heterocycles. The maximum atomic E-state index is 13.5. The summed E-state index contributed by atoms with van der Waals surface area (Å²) in [5, 5.41) is 1.76. The summed E-state index contributed by atoms with van der Waals surface area (Å²) in [6, 6.07) is 20.6. The lowest BCUT2D eigenvalue weighted by molar-refractivity contribution is 0.0511. The summed E-state index contributed by atoms with van der Waals surface area (Å²) in [6.07, 6.45) is 1.60. The molecule has 5 rings (SSSR count). The van der Waals surface area contributed by atoms with Gasteiger partial charge in [0.1, 0.15) is 5.69 Å². The van der Waals surface area contributed by atoms with Crippen molar-refractivity contribution < 1.29 is 19.1 Å². The van der Waals surface area contributed by atoms with Crippen molar-refractivity contribution in [3.63, 3.8) is 0 Å². The first-order valence-electron chi connectivity index (χ1n) is 10.1. The molecule has 1 aliphatic rings. The van der Waals surface area contributed by atoms with Gasteiger partial charge in [-0.2, -0.15) is 0 Å². The van der Waals surface area contributed by atoms with Crippen LogP contribution in [0.25, 0.3) is 10.8 Å². The number of carbonyl (C=O) groups excluding carboxylic acids is 3. The van der Waals surface area contributed by atoms with Crippen LogP contribution in [0.1, 0.15) is 54.8 Å². The predicted molar refractivity (Wildman–Crippen MR) is 117 cm³/mol. The smallest absolute Gasteiger partial charge is 0.355 e. The number of ether oxygens (including phenoxy) is 1. The molecule has 0 saturated heterocycles. The van der Waals surface area contributed by atoms with Crippen LogP contribution in [-0.4, -0.2) is 28.7 Å². The van der Waals surface area contributed by atoms with E-state index in [-0.39, 0.29) is 35.0 Å². The van der Waals surface area contributed by atoms with Gasteiger partial charge in [-0.15, -0.1) is 0 Å². The molecule has 0 aliphatic heterocycles. The van der Waals surface area contributed by atoms with Gasteiger partial charge in [-0.1, -0.05) is 54.6 Å². The summed E-state index contributed by atoms with van der Waals surface area (Å²) in [6.45, 7) is 2.23. The summed E-state index contributed by atoms with van der Waals surface area (Å²) in [4.78, 5) is 39.8. The van der Waals surface area contributed by atoms with E-state index in [2.05, 4.69) is 0 Å². The van der Waals surface area contributed by atoms with Crippen LogP contribution < -0.4 is 0 Å². The van der Waals surface area contributed by atoms with E-state index < -0.39 is 5.97 Å². The molecule has 0 unspecified atom stereocenters. The van der Waals surface area contributed by atoms with Crippen molar-refractivity contribution in [3.8, 4) is 0 Å². The fourth-order valence-corrected chi connectivity index (χ4v) is 4.18. The van der Waals surface area contributed by atoms with Crippen LogP contribution in [0.5, 0.6) is 0 Å². The highest BCUT2D eigenvalue weighted by Gasteiger charge is 2.37. The molecule has 4 aromatic rings. The van der Waals surface area contributed by atoms with E-state index in [9.17, 15) is 14.4 Å². The van der Waals surface area contributed by atoms with E-state index in [0.29, 0.717) is 17.7 Å². The number of esters is 1. The molecule has 31 heavy (non-hydrogen) atoms. The Morgan fingerprint density at radius 3 is 2.10 bits per heavy atom. The Labute approximate surface area is 178 Å². The number of carbonyl (C=O) groups is 3. The van der Waals surface area contributed by atoms with E-state index in [1.54, 1.807) is 29.8 Å². The van der Waals surface area contributed by atoms with Crippen molar-refractivity contribution in [1.82, 2.24) is 4.57 Å². The number of hydrogen-bond donors (Lipinski definition) is 0. The molecule has 0 amide bonds. The average Bonchev–Trinajstić information content (AvgIpc) is 3.17. The standard InChI is InChI=1S/C26H19NO4/c1-2-31-26(30)23-22-21(15-27(23)14-16-8-4-3-5-9-16)24(28)19-12-17-10-6-7-11-18(17)13-20(19)25(22)29/h3-13,15H,2,14H2,1H3. The first-order chi connectivity index (χ1) is 15.1. The van der Waals surface area contributed by atoms with Gasteiger partial charge >= 0.3 is 5.97 Å². The number of aromatic nitrogens is 1. The van der Waals surface area contributed by atoms with Gasteiger partial charge < -0.3 is 9.30 Å². The molecule has 0 bridgehead atoms. The van der Waals surface area contributed by atoms with Crippen LogP contribution in [0, 0.1) is 0 Å². The summed E-state index contributed by atoms with van der Waals surface area (Å²) < 4.78 is 6.90. The summed E-state index contributed by atoms with van der Waals surface area (Å²) in [5.41, 5.74) is 2.12. The van der Waals surface area contributed by atoms with Gasteiger partial charge in [-0.25, -0.2) is 4.79 Å². The lowest BCUT2D eigenvalue weighted by atomic mass is 9.84. The van der Waals surface area contributed by atoms with E-state index in [0.717, 1.165) is 16.3 Å². The molecule has 1 aromatic heterocycles. The number of hydrogen-bond acceptors (Lipinski definition) is 4. The molecule has 0 saturated carbocycles. The normalized spacial score (nSPS) is 12.5. The predicted octanol–water partition coefficient (Wildman–Crippen LogP) is 4.64. The largest absolute Gasteiger partial charge is 0.461 e. The number of rotatable bonds is 4. The molecule has 5 nitrogen and oxygen atoms in total. The van der Waals surface area contributed by atoms with Crippen LogP contribution in [0.2, 0.25) is 0 Å². The first-order valence-corrected chi connectivity index (χ1v) is 10.1. The second-order valence-electron chi connectivity index (χ2n) is 7.50. The Bertz CT molecular complexity index is 1370. The molecule has 0 atom stereocenters. The second kappa shape index (κ2) is 7.36. The Morgan fingerprint density at radius 1 is 0.839 bits per heavy atom. The quantitative estimate of drug-likeness (QED) is 0.406. The molecular weight excluding hydrogens is 390 g/mol. The minimum Gasteiger partial charge on any atom is -0.461 e. The minimum atomic E-state index is -0.606. The zero-order valence-electron chi connectivity index (χ0n) is 16.9. The molecule has 0 fully saturated rings. The number of nitrogens with zero attached hydrogens (tertiary/aromatic N) is 1. The first kappa shape index (κ1) is 19.0. The van der Waals surface area contributed by atoms with Gasteiger partial charge in [0, 0.05) is 23.9 Å². The van der Waals surface area contributed by atoms with Crippen molar-refractivity contribution in [2.45, 2.75) is 13.5 Å². The molecule has 152 valence electrons. The number of ketones is 2. The van der Waals surface area contributed by atoms with Crippen LogP contribution >= 0.6 is 0 Å². The maximum Gasteiger partial charge on any atom is 0.355 e. The van der Waals surface area contributed by atoms with Crippen LogP contribution in [0.15, 0.2) is 72.9 Å². The van der Waals surface area contributed by atoms with Crippen LogP contribution in [0.4, 0.5) is 0 Å². The second-order valence-corrected chi connectivity index (χ2v) is 7.50. The summed E-state index contributed by atoms with van der Waals surface area (Å²) >= 11 is 0. The SMILES string of the molecule is CCOC(=O)c1c2c(cn1Cc1ccccc1)C(=O)c1cc3ccccc3cc1C2=O. The monoisotopic (exact) mass is 409 g/mol. The van der Waals surface area contributed by atoms with Gasteiger partial charge in [0.25, 0.3) is 0 Å². The Morgan fingerprint density at radius 2 is 1.45 bits per heavy atom. The van der Waals surface area contributed by atoms with E-state index in [1.165, 1.54) is 0 Å². The van der Waals surface area contributed by atoms with E-state index >= 15 is 0 Å². The minimum absolute atomic E-state index is 0.123. The lowest BCUT2D eigenvalue weighted by Crippen LogP contribution is -2.23. The van der Waals surface area contributed by atoms with Crippen molar-refractivity contribution in [2.24, 2.45) is 0 Å². The Hall–Kier alpha value is -3.99. The summed E-state index contributed by atoms with van der Waals surface area (Å²) in [7, 11) is 0. The summed E-state index contributed by atoms with van der Waals surface area (Å²) in [5.74, 6) is -1.19. The van der Waals surface area contributed by atoms with Crippen molar-refractivity contribution in [1.29, 1.82) is 0 Å². The van der Waals surface area contributed by atoms with Gasteiger partial charge in [-0.05, 0) is 35.4 Å². The highest BCUT2D eigenvalue weighted by molar-refractivity contribution is 6.31. The van der Waals surface area contributed by atoms with Crippen LogP contribution in [-0.2, 0) is 11.3 Å².